The quantitative estimate of drug-likeness (QED) is 0.609. The third-order valence-electron chi connectivity index (χ3n) is 1.75. The van der Waals surface area contributed by atoms with E-state index in [1.807, 2.05) is 0 Å². The molecule has 6 heteroatoms. The van der Waals surface area contributed by atoms with Gasteiger partial charge in [0.25, 0.3) is 0 Å². The van der Waals surface area contributed by atoms with E-state index in [1.54, 1.807) is 12.1 Å². The van der Waals surface area contributed by atoms with Crippen LogP contribution in [-0.2, 0) is 9.59 Å². The topological polar surface area (TPSA) is 89.6 Å². The van der Waals surface area contributed by atoms with Crippen LogP contribution in [-0.4, -0.2) is 23.1 Å². The van der Waals surface area contributed by atoms with Gasteiger partial charge in [-0.05, 0) is 24.3 Å². The number of benzene rings is 1. The smallest absolute Gasteiger partial charge is 0.321 e. The number of carboxylic acids is 1. The number of rotatable bonds is 4. The Morgan fingerprint density at radius 3 is 2.44 bits per heavy atom. The van der Waals surface area contributed by atoms with Crippen molar-refractivity contribution in [3.8, 4) is 5.75 Å². The summed E-state index contributed by atoms with van der Waals surface area (Å²) in [6.07, 6.45) is -0.377. The van der Waals surface area contributed by atoms with Crippen molar-refractivity contribution in [2.45, 2.75) is 12.5 Å². The van der Waals surface area contributed by atoms with Crippen LogP contribution in [0.15, 0.2) is 24.3 Å². The maximum Gasteiger partial charge on any atom is 0.321 e. The van der Waals surface area contributed by atoms with Gasteiger partial charge in [-0.2, -0.15) is 0 Å². The molecule has 1 atom stereocenters. The predicted molar refractivity (Wildman–Crippen MR) is 57.3 cm³/mol. The van der Waals surface area contributed by atoms with Crippen LogP contribution in [0.3, 0.4) is 0 Å². The summed E-state index contributed by atoms with van der Waals surface area (Å²) in [5.41, 5.74) is 5.17. The number of halogens is 1. The van der Waals surface area contributed by atoms with Crippen molar-refractivity contribution >= 4 is 23.5 Å². The van der Waals surface area contributed by atoms with Crippen LogP contribution in [0.2, 0.25) is 5.02 Å². The highest BCUT2D eigenvalue weighted by Gasteiger charge is 2.17. The highest BCUT2D eigenvalue weighted by atomic mass is 35.5. The summed E-state index contributed by atoms with van der Waals surface area (Å²) in [6.45, 7) is 0. The lowest BCUT2D eigenvalue weighted by atomic mass is 10.2. The summed E-state index contributed by atoms with van der Waals surface area (Å²) in [5.74, 6) is -1.64. The second kappa shape index (κ2) is 5.48. The maximum absolute atomic E-state index is 11.2. The van der Waals surface area contributed by atoms with Gasteiger partial charge in [0, 0.05) is 5.02 Å². The Morgan fingerprint density at radius 2 is 1.94 bits per heavy atom. The molecule has 86 valence electrons. The molecule has 1 unspecified atom stereocenters. The molecule has 0 amide bonds. The standard InChI is InChI=1S/C10H10ClNO4/c11-6-1-3-7(4-2-6)16-9(13)5-8(12)10(14)15/h1-4,8H,5,12H2,(H,14,15). The van der Waals surface area contributed by atoms with E-state index in [0.717, 1.165) is 0 Å². The van der Waals surface area contributed by atoms with Crippen LogP contribution in [0.5, 0.6) is 5.75 Å². The summed E-state index contributed by atoms with van der Waals surface area (Å²) in [7, 11) is 0. The van der Waals surface area contributed by atoms with Crippen molar-refractivity contribution in [2.75, 3.05) is 0 Å². The number of carbonyl (C=O) groups is 2. The van der Waals surface area contributed by atoms with Crippen molar-refractivity contribution in [3.05, 3.63) is 29.3 Å². The predicted octanol–water partition coefficient (Wildman–Crippen LogP) is 1.05. The first-order valence-electron chi connectivity index (χ1n) is 4.43. The lowest BCUT2D eigenvalue weighted by Crippen LogP contribution is -2.33. The number of hydrogen-bond acceptors (Lipinski definition) is 4. The number of aliphatic carboxylic acids is 1. The second-order valence-corrected chi connectivity index (χ2v) is 3.51. The molecule has 1 aromatic carbocycles. The SMILES string of the molecule is NC(CC(=O)Oc1ccc(Cl)cc1)C(=O)O. The lowest BCUT2D eigenvalue weighted by molar-refractivity contribution is -0.143. The Labute approximate surface area is 96.8 Å². The van der Waals surface area contributed by atoms with Gasteiger partial charge in [-0.1, -0.05) is 11.6 Å². The van der Waals surface area contributed by atoms with Crippen LogP contribution in [0.4, 0.5) is 0 Å². The molecule has 0 saturated heterocycles. The molecule has 5 nitrogen and oxygen atoms in total. The van der Waals surface area contributed by atoms with Crippen molar-refractivity contribution in [1.82, 2.24) is 0 Å². The van der Waals surface area contributed by atoms with Gasteiger partial charge in [0.15, 0.2) is 0 Å². The van der Waals surface area contributed by atoms with Crippen molar-refractivity contribution < 1.29 is 19.4 Å². The summed E-state index contributed by atoms with van der Waals surface area (Å²) >= 11 is 5.64. The molecule has 1 aromatic rings. The summed E-state index contributed by atoms with van der Waals surface area (Å²) in [4.78, 5) is 21.6. The Bertz CT molecular complexity index is 390. The Balaban J connectivity index is 2.52. The highest BCUT2D eigenvalue weighted by molar-refractivity contribution is 6.30. The zero-order valence-electron chi connectivity index (χ0n) is 8.22. The number of carboxylic acid groups (broad SMARTS) is 1. The second-order valence-electron chi connectivity index (χ2n) is 3.08. The third kappa shape index (κ3) is 3.88. The van der Waals surface area contributed by atoms with E-state index in [0.29, 0.717) is 10.8 Å². The Kier molecular flexibility index (Phi) is 4.28. The monoisotopic (exact) mass is 243 g/mol. The van der Waals surface area contributed by atoms with E-state index in [9.17, 15) is 9.59 Å². The number of hydrogen-bond donors (Lipinski definition) is 2. The molecule has 0 aliphatic carbocycles. The first-order chi connectivity index (χ1) is 7.49. The van der Waals surface area contributed by atoms with Gasteiger partial charge in [-0.15, -0.1) is 0 Å². The summed E-state index contributed by atoms with van der Waals surface area (Å²) < 4.78 is 4.85. The van der Waals surface area contributed by atoms with E-state index >= 15 is 0 Å². The van der Waals surface area contributed by atoms with E-state index in [4.69, 9.17) is 27.2 Å². The first-order valence-corrected chi connectivity index (χ1v) is 4.81. The van der Waals surface area contributed by atoms with Crippen molar-refractivity contribution in [1.29, 1.82) is 0 Å². The molecule has 0 saturated carbocycles. The van der Waals surface area contributed by atoms with Crippen LogP contribution in [0, 0.1) is 0 Å². The summed E-state index contributed by atoms with van der Waals surface area (Å²) in [5, 5.41) is 9.00. The molecule has 0 spiro atoms. The Hall–Kier alpha value is -1.59. The van der Waals surface area contributed by atoms with Crippen LogP contribution in [0.1, 0.15) is 6.42 Å². The van der Waals surface area contributed by atoms with E-state index in [-0.39, 0.29) is 6.42 Å². The minimum atomic E-state index is -1.25. The molecule has 0 bridgehead atoms. The van der Waals surface area contributed by atoms with Crippen LogP contribution >= 0.6 is 11.6 Å². The van der Waals surface area contributed by atoms with Gasteiger partial charge in [-0.3, -0.25) is 9.59 Å². The van der Waals surface area contributed by atoms with Gasteiger partial charge in [0.05, 0.1) is 6.42 Å². The van der Waals surface area contributed by atoms with Gasteiger partial charge in [-0.25, -0.2) is 0 Å². The zero-order chi connectivity index (χ0) is 12.1. The molecule has 0 aliphatic heterocycles. The van der Waals surface area contributed by atoms with Crippen molar-refractivity contribution in [2.24, 2.45) is 5.73 Å². The third-order valence-corrected chi connectivity index (χ3v) is 2.00. The minimum Gasteiger partial charge on any atom is -0.480 e. The molecule has 0 fully saturated rings. The van der Waals surface area contributed by atoms with Crippen molar-refractivity contribution in [3.63, 3.8) is 0 Å². The highest BCUT2D eigenvalue weighted by Crippen LogP contribution is 2.16. The van der Waals surface area contributed by atoms with Gasteiger partial charge >= 0.3 is 11.9 Å². The van der Waals surface area contributed by atoms with Gasteiger partial charge in [0.2, 0.25) is 0 Å². The molecule has 0 aromatic heterocycles. The largest absolute Gasteiger partial charge is 0.480 e. The van der Waals surface area contributed by atoms with Gasteiger partial charge < -0.3 is 15.6 Å². The van der Waals surface area contributed by atoms with E-state index in [1.165, 1.54) is 12.1 Å². The average molecular weight is 244 g/mol. The summed E-state index contributed by atoms with van der Waals surface area (Å²) in [6, 6.07) is 4.88. The molecule has 0 radical (unpaired) electrons. The zero-order valence-corrected chi connectivity index (χ0v) is 8.98. The number of esters is 1. The number of carbonyl (C=O) groups excluding carboxylic acids is 1. The van der Waals surface area contributed by atoms with Crippen LogP contribution in [0.25, 0.3) is 0 Å². The molecule has 0 heterocycles. The molecular formula is C10H10ClNO4. The molecule has 1 rings (SSSR count). The molecule has 0 aliphatic rings. The molecule has 3 N–H and O–H groups in total. The fraction of sp³-hybridized carbons (Fsp3) is 0.200. The van der Waals surface area contributed by atoms with Gasteiger partial charge in [0.1, 0.15) is 11.8 Å². The fourth-order valence-electron chi connectivity index (χ4n) is 0.943. The van der Waals surface area contributed by atoms with Crippen LogP contribution < -0.4 is 10.5 Å². The normalized spacial score (nSPS) is 11.9. The minimum absolute atomic E-state index is 0.298. The molecule has 16 heavy (non-hydrogen) atoms. The lowest BCUT2D eigenvalue weighted by Gasteiger charge is -2.06. The van der Waals surface area contributed by atoms with E-state index in [2.05, 4.69) is 0 Å². The average Bonchev–Trinajstić information content (AvgIpc) is 2.21. The first kappa shape index (κ1) is 12.5. The molecular weight excluding hydrogens is 234 g/mol. The van der Waals surface area contributed by atoms with E-state index < -0.39 is 18.0 Å². The number of ether oxygens (including phenoxy) is 1. The number of nitrogens with two attached hydrogens (primary N) is 1. The Morgan fingerprint density at radius 1 is 1.38 bits per heavy atom. The fourth-order valence-corrected chi connectivity index (χ4v) is 1.07. The maximum atomic E-state index is 11.2.